The van der Waals surface area contributed by atoms with E-state index < -0.39 is 0 Å². The number of nitrogens with zero attached hydrogens (tertiary/aromatic N) is 1. The lowest BCUT2D eigenvalue weighted by Crippen LogP contribution is -2.41. The van der Waals surface area contributed by atoms with Gasteiger partial charge in [-0.1, -0.05) is 11.6 Å². The minimum Gasteiger partial charge on any atom is -0.379 e. The lowest BCUT2D eigenvalue weighted by atomic mass is 9.98. The third-order valence-electron chi connectivity index (χ3n) is 3.40. The van der Waals surface area contributed by atoms with Crippen molar-refractivity contribution in [3.63, 3.8) is 0 Å². The van der Waals surface area contributed by atoms with Gasteiger partial charge in [0, 0.05) is 11.6 Å². The molecule has 0 radical (unpaired) electrons. The Morgan fingerprint density at radius 1 is 1.53 bits per heavy atom. The second-order valence-corrected chi connectivity index (χ2v) is 4.82. The van der Waals surface area contributed by atoms with Gasteiger partial charge in [0.1, 0.15) is 11.4 Å². The molecule has 2 heterocycles. The van der Waals surface area contributed by atoms with Gasteiger partial charge < -0.3 is 15.0 Å². The highest BCUT2D eigenvalue weighted by Gasteiger charge is 2.38. The van der Waals surface area contributed by atoms with Crippen LogP contribution < -0.4 is 5.32 Å². The van der Waals surface area contributed by atoms with E-state index in [0.717, 1.165) is 29.9 Å². The number of aromatic amines is 1. The molecule has 3 rings (SSSR count). The fourth-order valence-electron chi connectivity index (χ4n) is 2.28. The summed E-state index contributed by atoms with van der Waals surface area (Å²) < 4.78 is 5.48. The van der Waals surface area contributed by atoms with Crippen molar-refractivity contribution < 1.29 is 4.74 Å². The number of H-pyrrole nitrogens is 1. The van der Waals surface area contributed by atoms with Crippen molar-refractivity contribution in [3.8, 4) is 0 Å². The zero-order valence-corrected chi connectivity index (χ0v) is 10.3. The molecular weight excluding hydrogens is 238 g/mol. The number of hydrogen-bond donors (Lipinski definition) is 2. The quantitative estimate of drug-likeness (QED) is 0.859. The summed E-state index contributed by atoms with van der Waals surface area (Å²) in [6, 6.07) is 5.68. The fourth-order valence-corrected chi connectivity index (χ4v) is 2.45. The van der Waals surface area contributed by atoms with Crippen molar-refractivity contribution in [1.82, 2.24) is 15.3 Å². The van der Waals surface area contributed by atoms with Crippen LogP contribution in [0.25, 0.3) is 11.0 Å². The molecule has 1 atom stereocenters. The Balaban J connectivity index is 2.11. The van der Waals surface area contributed by atoms with Gasteiger partial charge in [0.05, 0.1) is 17.6 Å². The van der Waals surface area contributed by atoms with Crippen molar-refractivity contribution in [1.29, 1.82) is 0 Å². The average Bonchev–Trinajstić information content (AvgIpc) is 2.94. The Hall–Kier alpha value is -1.10. The minimum absolute atomic E-state index is 0.189. The average molecular weight is 252 g/mol. The Labute approximate surface area is 104 Å². The largest absolute Gasteiger partial charge is 0.379 e. The van der Waals surface area contributed by atoms with Gasteiger partial charge in [0.2, 0.25) is 0 Å². The molecule has 0 bridgehead atoms. The van der Waals surface area contributed by atoms with Crippen molar-refractivity contribution in [2.45, 2.75) is 12.0 Å². The van der Waals surface area contributed by atoms with E-state index in [0.29, 0.717) is 11.6 Å². The molecule has 5 heteroatoms. The van der Waals surface area contributed by atoms with Crippen LogP contribution in [0.2, 0.25) is 5.02 Å². The molecule has 1 fully saturated rings. The van der Waals surface area contributed by atoms with Crippen LogP contribution in [0, 0.1) is 0 Å². The number of rotatable bonds is 2. The first-order valence-electron chi connectivity index (χ1n) is 5.66. The maximum atomic E-state index is 5.97. The summed E-state index contributed by atoms with van der Waals surface area (Å²) in [5.74, 6) is 0.926. The van der Waals surface area contributed by atoms with Crippen LogP contribution in [0.1, 0.15) is 12.2 Å². The Morgan fingerprint density at radius 3 is 3.12 bits per heavy atom. The van der Waals surface area contributed by atoms with Gasteiger partial charge in [-0.2, -0.15) is 0 Å². The molecule has 0 saturated carbocycles. The van der Waals surface area contributed by atoms with Crippen LogP contribution in [-0.4, -0.2) is 30.2 Å². The standard InChI is InChI=1S/C12H14ClN3O/c1-14-12(4-5-17-7-12)11-15-9-3-2-8(13)6-10(9)16-11/h2-3,6,14H,4-5,7H2,1H3,(H,15,16). The smallest absolute Gasteiger partial charge is 0.130 e. The molecule has 0 aliphatic carbocycles. The van der Waals surface area contributed by atoms with Gasteiger partial charge in [-0.25, -0.2) is 4.98 Å². The van der Waals surface area contributed by atoms with E-state index in [1.807, 2.05) is 25.2 Å². The van der Waals surface area contributed by atoms with E-state index in [-0.39, 0.29) is 5.54 Å². The summed E-state index contributed by atoms with van der Waals surface area (Å²) in [6.45, 7) is 1.41. The molecule has 90 valence electrons. The predicted octanol–water partition coefficient (Wildman–Crippen LogP) is 2.05. The maximum Gasteiger partial charge on any atom is 0.130 e. The first kappa shape index (κ1) is 11.0. The van der Waals surface area contributed by atoms with Crippen LogP contribution >= 0.6 is 11.6 Å². The first-order valence-corrected chi connectivity index (χ1v) is 6.04. The van der Waals surface area contributed by atoms with Crippen molar-refractivity contribution >= 4 is 22.6 Å². The van der Waals surface area contributed by atoms with Crippen LogP contribution in [-0.2, 0) is 10.3 Å². The predicted molar refractivity (Wildman–Crippen MR) is 67.3 cm³/mol. The zero-order valence-electron chi connectivity index (χ0n) is 9.59. The fraction of sp³-hybridized carbons (Fsp3) is 0.417. The minimum atomic E-state index is -0.189. The third kappa shape index (κ3) is 1.73. The number of aromatic nitrogens is 2. The van der Waals surface area contributed by atoms with Crippen LogP contribution in [0.4, 0.5) is 0 Å². The Kier molecular flexibility index (Phi) is 2.58. The number of halogens is 1. The molecular formula is C12H14ClN3O. The number of benzene rings is 1. The molecule has 2 N–H and O–H groups in total. The van der Waals surface area contributed by atoms with Crippen LogP contribution in [0.15, 0.2) is 18.2 Å². The van der Waals surface area contributed by atoms with Crippen LogP contribution in [0.3, 0.4) is 0 Å². The molecule has 1 aromatic heterocycles. The molecule has 1 aliphatic heterocycles. The number of ether oxygens (including phenoxy) is 1. The molecule has 0 spiro atoms. The van der Waals surface area contributed by atoms with Crippen molar-refractivity contribution in [2.24, 2.45) is 0 Å². The zero-order chi connectivity index (χ0) is 11.9. The maximum absolute atomic E-state index is 5.97. The lowest BCUT2D eigenvalue weighted by Gasteiger charge is -2.23. The number of nitrogens with one attached hydrogen (secondary N) is 2. The summed E-state index contributed by atoms with van der Waals surface area (Å²) in [5.41, 5.74) is 1.71. The molecule has 2 aromatic rings. The molecule has 1 aromatic carbocycles. The normalized spacial score (nSPS) is 24.6. The van der Waals surface area contributed by atoms with Crippen molar-refractivity contribution in [3.05, 3.63) is 29.0 Å². The number of imidazole rings is 1. The summed E-state index contributed by atoms with van der Waals surface area (Å²) in [5, 5.41) is 4.03. The first-order chi connectivity index (χ1) is 8.23. The second kappa shape index (κ2) is 3.98. The molecule has 4 nitrogen and oxygen atoms in total. The van der Waals surface area contributed by atoms with Gasteiger partial charge in [-0.05, 0) is 31.7 Å². The van der Waals surface area contributed by atoms with E-state index in [1.165, 1.54) is 0 Å². The highest BCUT2D eigenvalue weighted by molar-refractivity contribution is 6.31. The third-order valence-corrected chi connectivity index (χ3v) is 3.63. The summed E-state index contributed by atoms with van der Waals surface area (Å²) in [7, 11) is 1.94. The Bertz CT molecular complexity index is 546. The van der Waals surface area contributed by atoms with E-state index >= 15 is 0 Å². The topological polar surface area (TPSA) is 49.9 Å². The summed E-state index contributed by atoms with van der Waals surface area (Å²) >= 11 is 5.97. The van der Waals surface area contributed by atoms with Gasteiger partial charge in [0.25, 0.3) is 0 Å². The number of hydrogen-bond acceptors (Lipinski definition) is 3. The highest BCUT2D eigenvalue weighted by Crippen LogP contribution is 2.30. The van der Waals surface area contributed by atoms with E-state index in [1.54, 1.807) is 0 Å². The van der Waals surface area contributed by atoms with Gasteiger partial charge in [-0.15, -0.1) is 0 Å². The van der Waals surface area contributed by atoms with E-state index in [2.05, 4.69) is 15.3 Å². The van der Waals surface area contributed by atoms with Gasteiger partial charge in [-0.3, -0.25) is 0 Å². The molecule has 17 heavy (non-hydrogen) atoms. The van der Waals surface area contributed by atoms with Crippen LogP contribution in [0.5, 0.6) is 0 Å². The van der Waals surface area contributed by atoms with Gasteiger partial charge in [0.15, 0.2) is 0 Å². The Morgan fingerprint density at radius 2 is 2.41 bits per heavy atom. The number of fused-ring (bicyclic) bond motifs is 1. The number of likely N-dealkylation sites (N-methyl/N-ethyl adjacent to an activating group) is 1. The SMILES string of the molecule is CNC1(c2nc3ccc(Cl)cc3[nH]2)CCOC1. The van der Waals surface area contributed by atoms with E-state index in [9.17, 15) is 0 Å². The van der Waals surface area contributed by atoms with Crippen molar-refractivity contribution in [2.75, 3.05) is 20.3 Å². The molecule has 1 saturated heterocycles. The monoisotopic (exact) mass is 251 g/mol. The molecule has 0 amide bonds. The molecule has 1 unspecified atom stereocenters. The summed E-state index contributed by atoms with van der Waals surface area (Å²) in [6.07, 6.45) is 0.928. The summed E-state index contributed by atoms with van der Waals surface area (Å²) in [4.78, 5) is 7.95. The van der Waals surface area contributed by atoms with Gasteiger partial charge >= 0.3 is 0 Å². The van der Waals surface area contributed by atoms with E-state index in [4.69, 9.17) is 16.3 Å². The lowest BCUT2D eigenvalue weighted by molar-refractivity contribution is 0.167. The molecule has 1 aliphatic rings. The second-order valence-electron chi connectivity index (χ2n) is 4.38. The highest BCUT2D eigenvalue weighted by atomic mass is 35.5.